The van der Waals surface area contributed by atoms with Gasteiger partial charge in [0, 0.05) is 5.97 Å². The zero-order valence-electron chi connectivity index (χ0n) is 9.03. The maximum Gasteiger partial charge on any atom is 1.00 e. The van der Waals surface area contributed by atoms with E-state index in [2.05, 4.69) is 20.8 Å². The van der Waals surface area contributed by atoms with E-state index in [1.165, 1.54) is 0 Å². The van der Waals surface area contributed by atoms with Crippen molar-refractivity contribution in [3.8, 4) is 0 Å². The normalized spacial score (nSPS) is 12.1. The molecule has 0 amide bonds. The van der Waals surface area contributed by atoms with E-state index >= 15 is 0 Å². The summed E-state index contributed by atoms with van der Waals surface area (Å²) in [5.41, 5.74) is 0.0238. The molecule has 13 heavy (non-hydrogen) atoms. The van der Waals surface area contributed by atoms with Crippen LogP contribution in [0, 0.1) is 10.8 Å². The molecule has 0 aromatic heterocycles. The summed E-state index contributed by atoms with van der Waals surface area (Å²) >= 11 is 0. The monoisotopic (exact) mass is 278 g/mol. The standard InChI is InChI=1S/C10H20O2.Ag/c1-9(2,3)7-10(4,5)6-8(11)12;/h6-7H2,1-5H3,(H,11,12);/q;+1/p-1. The molecule has 2 nitrogen and oxygen atoms in total. The molecule has 0 spiro atoms. The molecule has 0 aromatic carbocycles. The fourth-order valence-corrected chi connectivity index (χ4v) is 1.89. The summed E-state index contributed by atoms with van der Waals surface area (Å²) in [5.74, 6) is -0.954. The third-order valence-corrected chi connectivity index (χ3v) is 1.63. The SMILES string of the molecule is CC(C)(C)CC(C)(C)CC(=O)[O-].[Ag+]. The van der Waals surface area contributed by atoms with E-state index in [1.807, 2.05) is 13.8 Å². The van der Waals surface area contributed by atoms with E-state index < -0.39 is 5.97 Å². The Morgan fingerprint density at radius 2 is 1.54 bits per heavy atom. The minimum atomic E-state index is -0.954. The van der Waals surface area contributed by atoms with Gasteiger partial charge in [0.15, 0.2) is 0 Å². The Hall–Kier alpha value is 0.210. The fraction of sp³-hybridized carbons (Fsp3) is 0.900. The molecule has 0 radical (unpaired) electrons. The average Bonchev–Trinajstić information content (AvgIpc) is 1.48. The van der Waals surface area contributed by atoms with E-state index in [1.54, 1.807) is 0 Å². The van der Waals surface area contributed by atoms with E-state index in [9.17, 15) is 9.90 Å². The number of carboxylic acid groups (broad SMARTS) is 1. The summed E-state index contributed by atoms with van der Waals surface area (Å²) in [4.78, 5) is 10.4. The number of hydrogen-bond acceptors (Lipinski definition) is 2. The molecule has 0 saturated carbocycles. The number of rotatable bonds is 3. The van der Waals surface area contributed by atoms with Gasteiger partial charge in [0.25, 0.3) is 0 Å². The van der Waals surface area contributed by atoms with Crippen molar-refractivity contribution in [3.63, 3.8) is 0 Å². The molecule has 0 rings (SSSR count). The number of carboxylic acids is 1. The third-order valence-electron chi connectivity index (χ3n) is 1.63. The zero-order valence-corrected chi connectivity index (χ0v) is 10.5. The van der Waals surface area contributed by atoms with Crippen LogP contribution < -0.4 is 5.11 Å². The number of hydrogen-bond donors (Lipinski definition) is 0. The topological polar surface area (TPSA) is 40.1 Å². The van der Waals surface area contributed by atoms with Gasteiger partial charge in [0.05, 0.1) is 0 Å². The van der Waals surface area contributed by atoms with Gasteiger partial charge in [-0.15, -0.1) is 0 Å². The van der Waals surface area contributed by atoms with Crippen molar-refractivity contribution in [2.45, 2.75) is 47.5 Å². The first-order valence-corrected chi connectivity index (χ1v) is 4.32. The molecular weight excluding hydrogens is 260 g/mol. The minimum Gasteiger partial charge on any atom is -0.550 e. The van der Waals surface area contributed by atoms with Gasteiger partial charge in [0.1, 0.15) is 0 Å². The quantitative estimate of drug-likeness (QED) is 0.736. The van der Waals surface area contributed by atoms with Gasteiger partial charge in [-0.05, 0) is 23.7 Å². The predicted molar refractivity (Wildman–Crippen MR) is 47.5 cm³/mol. The van der Waals surface area contributed by atoms with Gasteiger partial charge in [-0.2, -0.15) is 0 Å². The van der Waals surface area contributed by atoms with E-state index in [4.69, 9.17) is 0 Å². The number of carbonyl (C=O) groups excluding carboxylic acids is 1. The van der Waals surface area contributed by atoms with Crippen molar-refractivity contribution in [2.75, 3.05) is 0 Å². The number of carbonyl (C=O) groups is 1. The van der Waals surface area contributed by atoms with Gasteiger partial charge < -0.3 is 9.90 Å². The summed E-state index contributed by atoms with van der Waals surface area (Å²) in [6, 6.07) is 0. The van der Waals surface area contributed by atoms with Crippen LogP contribution in [0.1, 0.15) is 47.5 Å². The summed E-state index contributed by atoms with van der Waals surface area (Å²) < 4.78 is 0. The second kappa shape index (κ2) is 5.18. The van der Waals surface area contributed by atoms with Crippen molar-refractivity contribution in [1.82, 2.24) is 0 Å². The maximum absolute atomic E-state index is 10.4. The van der Waals surface area contributed by atoms with Gasteiger partial charge >= 0.3 is 22.4 Å². The predicted octanol–water partition coefficient (Wildman–Crippen LogP) is 1.59. The van der Waals surface area contributed by atoms with Crippen LogP contribution >= 0.6 is 0 Å². The second-order valence-corrected chi connectivity index (χ2v) is 5.45. The molecule has 0 aliphatic heterocycles. The van der Waals surface area contributed by atoms with Gasteiger partial charge in [-0.25, -0.2) is 0 Å². The summed E-state index contributed by atoms with van der Waals surface area (Å²) in [5, 5.41) is 10.4. The van der Waals surface area contributed by atoms with Crippen LogP contribution in [0.5, 0.6) is 0 Å². The molecule has 0 heterocycles. The Morgan fingerprint density at radius 3 is 1.77 bits per heavy atom. The largest absolute Gasteiger partial charge is 1.00 e. The molecular formula is C10H19AgO2. The first-order valence-electron chi connectivity index (χ1n) is 4.32. The smallest absolute Gasteiger partial charge is 0.550 e. The first-order chi connectivity index (χ1) is 5.12. The Bertz CT molecular complexity index is 168. The van der Waals surface area contributed by atoms with Gasteiger partial charge in [0.2, 0.25) is 0 Å². The van der Waals surface area contributed by atoms with Crippen LogP contribution in [0.15, 0.2) is 0 Å². The maximum atomic E-state index is 10.4. The molecule has 0 unspecified atom stereocenters. The molecule has 0 bridgehead atoms. The van der Waals surface area contributed by atoms with Crippen LogP contribution in [-0.2, 0) is 27.2 Å². The van der Waals surface area contributed by atoms with Crippen molar-refractivity contribution in [1.29, 1.82) is 0 Å². The van der Waals surface area contributed by atoms with Crippen molar-refractivity contribution in [2.24, 2.45) is 10.8 Å². The Kier molecular flexibility index (Phi) is 6.25. The Balaban J connectivity index is 0. The molecule has 0 atom stereocenters. The van der Waals surface area contributed by atoms with E-state index in [0.717, 1.165) is 6.42 Å². The molecule has 82 valence electrons. The van der Waals surface area contributed by atoms with Crippen molar-refractivity contribution in [3.05, 3.63) is 0 Å². The minimum absolute atomic E-state index is 0. The van der Waals surface area contributed by atoms with E-state index in [-0.39, 0.29) is 39.6 Å². The van der Waals surface area contributed by atoms with Crippen molar-refractivity contribution >= 4 is 5.97 Å². The van der Waals surface area contributed by atoms with Crippen LogP contribution in [0.3, 0.4) is 0 Å². The molecule has 0 aliphatic carbocycles. The van der Waals surface area contributed by atoms with Crippen LogP contribution in [0.2, 0.25) is 0 Å². The van der Waals surface area contributed by atoms with Gasteiger partial charge in [-0.1, -0.05) is 34.6 Å². The van der Waals surface area contributed by atoms with Gasteiger partial charge in [-0.3, -0.25) is 0 Å². The zero-order chi connectivity index (χ0) is 9.99. The van der Waals surface area contributed by atoms with Crippen molar-refractivity contribution < 1.29 is 32.3 Å². The summed E-state index contributed by atoms with van der Waals surface area (Å²) in [6.07, 6.45) is 1.04. The molecule has 0 N–H and O–H groups in total. The third kappa shape index (κ3) is 10.1. The van der Waals surface area contributed by atoms with Crippen LogP contribution in [-0.4, -0.2) is 5.97 Å². The Morgan fingerprint density at radius 1 is 1.15 bits per heavy atom. The summed E-state index contributed by atoms with van der Waals surface area (Å²) in [6.45, 7) is 10.3. The Labute approximate surface area is 96.6 Å². The number of aliphatic carboxylic acids is 1. The van der Waals surface area contributed by atoms with Crippen LogP contribution in [0.4, 0.5) is 0 Å². The summed E-state index contributed by atoms with van der Waals surface area (Å²) in [7, 11) is 0. The first kappa shape index (κ1) is 15.7. The molecule has 0 aliphatic rings. The molecule has 0 fully saturated rings. The van der Waals surface area contributed by atoms with E-state index in [0.29, 0.717) is 0 Å². The van der Waals surface area contributed by atoms with Crippen LogP contribution in [0.25, 0.3) is 0 Å². The molecule has 0 saturated heterocycles. The second-order valence-electron chi connectivity index (χ2n) is 5.45. The average molecular weight is 279 g/mol. The molecule has 3 heteroatoms. The molecule has 0 aromatic rings. The fourth-order valence-electron chi connectivity index (χ4n) is 1.89.